The second kappa shape index (κ2) is 11.0. The van der Waals surface area contributed by atoms with Crippen molar-refractivity contribution in [3.63, 3.8) is 0 Å². The maximum Gasteiger partial charge on any atom is 0 e. The van der Waals surface area contributed by atoms with E-state index in [2.05, 4.69) is 0 Å². The van der Waals surface area contributed by atoms with E-state index in [1.807, 2.05) is 12.5 Å². The Morgan fingerprint density at radius 3 is 2.62 bits per heavy atom. The molecule has 0 aliphatic heterocycles. The van der Waals surface area contributed by atoms with E-state index in [9.17, 15) is 4.79 Å². The van der Waals surface area contributed by atoms with Crippen LogP contribution in [0.3, 0.4) is 0 Å². The van der Waals surface area contributed by atoms with Crippen LogP contribution in [0.4, 0.5) is 0 Å². The largest absolute Gasteiger partial charge is 0.542 e. The molecule has 0 heterocycles. The molecule has 8 heavy (non-hydrogen) atoms. The predicted octanol–water partition coefficient (Wildman–Crippen LogP) is 1.24. The number of thioether (sulfide) groups is 1. The normalized spacial score (nSPS) is 7.62. The summed E-state index contributed by atoms with van der Waals surface area (Å²) in [6.45, 7) is 0. The maximum atomic E-state index is 9.55. The minimum Gasteiger partial charge on any atom is -0.542 e. The van der Waals surface area contributed by atoms with Gasteiger partial charge in [-0.25, -0.2) is 0 Å². The van der Waals surface area contributed by atoms with E-state index in [0.29, 0.717) is 6.42 Å². The summed E-state index contributed by atoms with van der Waals surface area (Å²) in [6.07, 6.45) is 5.45. The fourth-order valence-electron chi connectivity index (χ4n) is 0.289. The summed E-state index contributed by atoms with van der Waals surface area (Å²) in [5.41, 5.74) is 0. The van der Waals surface area contributed by atoms with Crippen molar-refractivity contribution < 1.29 is 37.5 Å². The van der Waals surface area contributed by atoms with Gasteiger partial charge in [0.25, 0.3) is 0 Å². The van der Waals surface area contributed by atoms with E-state index in [4.69, 9.17) is 0 Å². The SMILES string of the molecule is CSCCC[C-]=O.[Y]. The first-order valence-corrected chi connectivity index (χ1v) is 3.65. The van der Waals surface area contributed by atoms with Gasteiger partial charge in [0.05, 0.1) is 0 Å². The average Bonchev–Trinajstić information content (AvgIpc) is 1.69. The molecule has 0 rings (SSSR count). The monoisotopic (exact) mass is 206 g/mol. The van der Waals surface area contributed by atoms with Crippen molar-refractivity contribution in [2.24, 2.45) is 0 Å². The summed E-state index contributed by atoms with van der Waals surface area (Å²) >= 11 is 1.76. The molecular weight excluding hydrogens is 197 g/mol. The first-order valence-electron chi connectivity index (χ1n) is 2.25. The van der Waals surface area contributed by atoms with E-state index in [-0.39, 0.29) is 32.7 Å². The van der Waals surface area contributed by atoms with Crippen molar-refractivity contribution >= 4 is 18.0 Å². The molecule has 45 valence electrons. The zero-order valence-electron chi connectivity index (χ0n) is 5.02. The van der Waals surface area contributed by atoms with Crippen LogP contribution < -0.4 is 0 Å². The van der Waals surface area contributed by atoms with Gasteiger partial charge in [-0.05, 0) is 12.0 Å². The Balaban J connectivity index is 0. The van der Waals surface area contributed by atoms with Crippen LogP contribution >= 0.6 is 11.8 Å². The fourth-order valence-corrected chi connectivity index (χ4v) is 0.722. The second-order valence-corrected chi connectivity index (χ2v) is 2.23. The Morgan fingerprint density at radius 1 is 1.62 bits per heavy atom. The molecule has 0 N–H and O–H groups in total. The van der Waals surface area contributed by atoms with Crippen molar-refractivity contribution in [1.29, 1.82) is 0 Å². The number of carbonyl (C=O) groups excluding carboxylic acids is 1. The molecule has 0 amide bonds. The van der Waals surface area contributed by atoms with Crippen molar-refractivity contribution in [3.05, 3.63) is 0 Å². The van der Waals surface area contributed by atoms with Gasteiger partial charge in [-0.3, -0.25) is 6.29 Å². The van der Waals surface area contributed by atoms with E-state index < -0.39 is 0 Å². The molecule has 0 aromatic rings. The van der Waals surface area contributed by atoms with Crippen LogP contribution in [0.2, 0.25) is 0 Å². The molecule has 0 aromatic carbocycles. The predicted molar refractivity (Wildman–Crippen MR) is 33.3 cm³/mol. The van der Waals surface area contributed by atoms with E-state index in [1.54, 1.807) is 11.8 Å². The Labute approximate surface area is 79.9 Å². The van der Waals surface area contributed by atoms with Gasteiger partial charge in [-0.15, -0.1) is 0 Å². The molecular formula is C5H9OSY-. The third-order valence-electron chi connectivity index (χ3n) is 0.627. The van der Waals surface area contributed by atoms with Crippen molar-refractivity contribution in [2.75, 3.05) is 12.0 Å². The summed E-state index contributed by atoms with van der Waals surface area (Å²) in [7, 11) is 0. The molecule has 0 saturated carbocycles. The smallest absolute Gasteiger partial charge is 0 e. The van der Waals surface area contributed by atoms with Crippen molar-refractivity contribution in [2.45, 2.75) is 12.8 Å². The molecule has 0 bridgehead atoms. The summed E-state index contributed by atoms with van der Waals surface area (Å²) in [5, 5.41) is 0. The summed E-state index contributed by atoms with van der Waals surface area (Å²) < 4.78 is 0. The topological polar surface area (TPSA) is 17.1 Å². The van der Waals surface area contributed by atoms with E-state index in [0.717, 1.165) is 12.2 Å². The van der Waals surface area contributed by atoms with Gasteiger partial charge >= 0.3 is 0 Å². The summed E-state index contributed by atoms with van der Waals surface area (Å²) in [5.74, 6) is 1.08. The van der Waals surface area contributed by atoms with Gasteiger partial charge in [0.2, 0.25) is 0 Å². The zero-order valence-corrected chi connectivity index (χ0v) is 8.67. The Bertz CT molecular complexity index is 49.7. The Kier molecular flexibility index (Phi) is 16.3. The third kappa shape index (κ3) is 10.2. The first kappa shape index (κ1) is 11.9. The molecule has 0 aromatic heterocycles. The molecule has 0 atom stereocenters. The molecule has 0 unspecified atom stereocenters. The van der Waals surface area contributed by atoms with Crippen LogP contribution in [0.5, 0.6) is 0 Å². The number of hydrogen-bond donors (Lipinski definition) is 0. The van der Waals surface area contributed by atoms with Gasteiger partial charge < -0.3 is 4.79 Å². The van der Waals surface area contributed by atoms with Crippen molar-refractivity contribution in [3.8, 4) is 0 Å². The second-order valence-electron chi connectivity index (χ2n) is 1.24. The quantitative estimate of drug-likeness (QED) is 0.508. The molecule has 1 nitrogen and oxygen atoms in total. The summed E-state index contributed by atoms with van der Waals surface area (Å²) in [6, 6.07) is 0. The van der Waals surface area contributed by atoms with Gasteiger partial charge in [0, 0.05) is 32.7 Å². The first-order chi connectivity index (χ1) is 3.41. The standard InChI is InChI=1S/C5H9OS.Y/c1-7-5-3-2-4-6;/h2-3,5H2,1H3;/q-1;. The third-order valence-corrected chi connectivity index (χ3v) is 1.32. The van der Waals surface area contributed by atoms with Gasteiger partial charge in [-0.1, -0.05) is 6.42 Å². The molecule has 3 heteroatoms. The van der Waals surface area contributed by atoms with Crippen LogP contribution in [0, 0.1) is 0 Å². The van der Waals surface area contributed by atoms with Crippen LogP contribution in [0.15, 0.2) is 0 Å². The number of rotatable bonds is 4. The van der Waals surface area contributed by atoms with Crippen molar-refractivity contribution in [1.82, 2.24) is 0 Å². The van der Waals surface area contributed by atoms with E-state index >= 15 is 0 Å². The van der Waals surface area contributed by atoms with Gasteiger partial charge in [0.15, 0.2) is 0 Å². The van der Waals surface area contributed by atoms with Crippen LogP contribution in [0.1, 0.15) is 12.8 Å². The minimum absolute atomic E-state index is 0. The molecule has 0 saturated heterocycles. The molecule has 0 aliphatic carbocycles. The van der Waals surface area contributed by atoms with Crippen LogP contribution in [-0.2, 0) is 37.5 Å². The van der Waals surface area contributed by atoms with E-state index in [1.165, 1.54) is 0 Å². The number of hydrogen-bond acceptors (Lipinski definition) is 2. The summed E-state index contributed by atoms with van der Waals surface area (Å²) in [4.78, 5) is 9.55. The molecule has 0 spiro atoms. The van der Waals surface area contributed by atoms with Crippen LogP contribution in [-0.4, -0.2) is 18.3 Å². The molecule has 0 fully saturated rings. The zero-order chi connectivity index (χ0) is 5.54. The Hall–Kier alpha value is 1.12. The Morgan fingerprint density at radius 2 is 2.25 bits per heavy atom. The van der Waals surface area contributed by atoms with Gasteiger partial charge in [-0.2, -0.15) is 18.2 Å². The molecule has 0 aliphatic rings. The molecule has 1 radical (unpaired) electrons. The van der Waals surface area contributed by atoms with Gasteiger partial charge in [0.1, 0.15) is 0 Å². The maximum absolute atomic E-state index is 9.55. The minimum atomic E-state index is 0. The van der Waals surface area contributed by atoms with Crippen LogP contribution in [0.25, 0.3) is 0 Å². The average molecular weight is 206 g/mol. The fraction of sp³-hybridized carbons (Fsp3) is 0.800. The number of unbranched alkanes of at least 4 members (excludes halogenated alkanes) is 1.